The van der Waals surface area contributed by atoms with Gasteiger partial charge in [-0.1, -0.05) is 6.07 Å². The van der Waals surface area contributed by atoms with Crippen molar-refractivity contribution >= 4 is 16.9 Å². The number of benzene rings is 1. The number of nitrogens with one attached hydrogen (secondary N) is 1. The van der Waals surface area contributed by atoms with Crippen LogP contribution in [0.5, 0.6) is 5.88 Å². The first-order valence-corrected chi connectivity index (χ1v) is 10.5. The van der Waals surface area contributed by atoms with E-state index in [1.807, 2.05) is 0 Å². The number of carbonyl (C=O) groups excluding carboxylic acids is 1. The Labute approximate surface area is 183 Å². The molecule has 3 heterocycles. The topological polar surface area (TPSA) is 76.5 Å². The third kappa shape index (κ3) is 4.47. The van der Waals surface area contributed by atoms with Crippen molar-refractivity contribution in [2.24, 2.45) is 0 Å². The van der Waals surface area contributed by atoms with Crippen molar-refractivity contribution in [3.63, 3.8) is 0 Å². The highest BCUT2D eigenvalue weighted by atomic mass is 19.1. The zero-order valence-corrected chi connectivity index (χ0v) is 17.7. The molecular weight excluding hydrogens is 418 g/mol. The summed E-state index contributed by atoms with van der Waals surface area (Å²) in [6.45, 7) is 2.87. The standard InChI is InChI=1S/C23H24F2N4O3/c1-32-20-8-7-19-21(27-20)22(30)16(23(31)26-9-12-28-10-2-3-11-28)14-29(19)13-15-17(24)5-4-6-18(15)25/h4-8,14H,2-3,9-13H2,1H3,(H,26,31). The van der Waals surface area contributed by atoms with Crippen LogP contribution in [0.2, 0.25) is 0 Å². The fraction of sp³-hybridized carbons (Fsp3) is 0.348. The zero-order valence-electron chi connectivity index (χ0n) is 17.7. The van der Waals surface area contributed by atoms with Crippen molar-refractivity contribution < 1.29 is 18.3 Å². The van der Waals surface area contributed by atoms with Gasteiger partial charge in [0.1, 0.15) is 22.7 Å². The fourth-order valence-corrected chi connectivity index (χ4v) is 3.93. The number of nitrogens with zero attached hydrogens (tertiary/aromatic N) is 3. The van der Waals surface area contributed by atoms with E-state index in [-0.39, 0.29) is 29.1 Å². The third-order valence-electron chi connectivity index (χ3n) is 5.66. The second-order valence-electron chi connectivity index (χ2n) is 7.73. The van der Waals surface area contributed by atoms with Gasteiger partial charge in [-0.25, -0.2) is 13.8 Å². The highest BCUT2D eigenvalue weighted by Crippen LogP contribution is 2.19. The van der Waals surface area contributed by atoms with Crippen molar-refractivity contribution in [3.05, 3.63) is 69.5 Å². The van der Waals surface area contributed by atoms with Gasteiger partial charge in [0.15, 0.2) is 0 Å². The largest absolute Gasteiger partial charge is 0.481 e. The Hall–Kier alpha value is -3.33. The molecule has 0 aliphatic carbocycles. The molecule has 1 saturated heterocycles. The lowest BCUT2D eigenvalue weighted by Crippen LogP contribution is -2.36. The van der Waals surface area contributed by atoms with Crippen molar-refractivity contribution in [3.8, 4) is 5.88 Å². The number of methoxy groups -OCH3 is 1. The summed E-state index contributed by atoms with van der Waals surface area (Å²) in [7, 11) is 1.41. The number of likely N-dealkylation sites (tertiary alicyclic amines) is 1. The van der Waals surface area contributed by atoms with E-state index in [2.05, 4.69) is 15.2 Å². The van der Waals surface area contributed by atoms with Crippen LogP contribution in [0.1, 0.15) is 28.8 Å². The van der Waals surface area contributed by atoms with Crippen LogP contribution in [0.15, 0.2) is 41.3 Å². The summed E-state index contributed by atoms with van der Waals surface area (Å²) in [5, 5.41) is 2.77. The number of carbonyl (C=O) groups is 1. The number of halogens is 2. The minimum atomic E-state index is -0.713. The van der Waals surface area contributed by atoms with Gasteiger partial charge in [-0.3, -0.25) is 9.59 Å². The van der Waals surface area contributed by atoms with Gasteiger partial charge >= 0.3 is 0 Å². The summed E-state index contributed by atoms with van der Waals surface area (Å²) in [5.74, 6) is -1.78. The van der Waals surface area contributed by atoms with Crippen LogP contribution in [-0.2, 0) is 6.54 Å². The quantitative estimate of drug-likeness (QED) is 0.609. The van der Waals surface area contributed by atoms with Gasteiger partial charge in [0.25, 0.3) is 5.91 Å². The molecule has 1 aromatic carbocycles. The minimum Gasteiger partial charge on any atom is -0.481 e. The maximum Gasteiger partial charge on any atom is 0.256 e. The predicted molar refractivity (Wildman–Crippen MR) is 116 cm³/mol. The van der Waals surface area contributed by atoms with E-state index in [0.29, 0.717) is 18.6 Å². The van der Waals surface area contributed by atoms with Gasteiger partial charge in [-0.2, -0.15) is 0 Å². The van der Waals surface area contributed by atoms with Crippen molar-refractivity contribution in [1.82, 2.24) is 19.8 Å². The second-order valence-corrected chi connectivity index (χ2v) is 7.73. The summed E-state index contributed by atoms with van der Waals surface area (Å²) < 4.78 is 35.1. The number of fused-ring (bicyclic) bond motifs is 1. The van der Waals surface area contributed by atoms with Crippen LogP contribution < -0.4 is 15.5 Å². The Kier molecular flexibility index (Phi) is 6.45. The Morgan fingerprint density at radius 3 is 2.56 bits per heavy atom. The monoisotopic (exact) mass is 442 g/mol. The lowest BCUT2D eigenvalue weighted by molar-refractivity contribution is 0.0948. The maximum absolute atomic E-state index is 14.3. The molecule has 1 aliphatic heterocycles. The first-order chi connectivity index (χ1) is 15.5. The van der Waals surface area contributed by atoms with Crippen LogP contribution in [0.25, 0.3) is 11.0 Å². The Bertz CT molecular complexity index is 1190. The summed E-state index contributed by atoms with van der Waals surface area (Å²) in [4.78, 5) is 32.3. The van der Waals surface area contributed by atoms with Crippen LogP contribution in [0.4, 0.5) is 8.78 Å². The molecule has 32 heavy (non-hydrogen) atoms. The summed E-state index contributed by atoms with van der Waals surface area (Å²) >= 11 is 0. The average molecular weight is 442 g/mol. The molecule has 1 N–H and O–H groups in total. The molecule has 2 aromatic heterocycles. The van der Waals surface area contributed by atoms with Crippen LogP contribution in [0.3, 0.4) is 0 Å². The van der Waals surface area contributed by atoms with Crippen molar-refractivity contribution in [2.45, 2.75) is 19.4 Å². The molecule has 7 nitrogen and oxygen atoms in total. The fourth-order valence-electron chi connectivity index (χ4n) is 3.93. The highest BCUT2D eigenvalue weighted by Gasteiger charge is 2.19. The van der Waals surface area contributed by atoms with Crippen molar-refractivity contribution in [2.75, 3.05) is 33.3 Å². The van der Waals surface area contributed by atoms with Crippen LogP contribution >= 0.6 is 0 Å². The van der Waals surface area contributed by atoms with Crippen LogP contribution in [-0.4, -0.2) is 53.6 Å². The molecule has 168 valence electrons. The van der Waals surface area contributed by atoms with E-state index in [1.165, 1.54) is 23.9 Å². The van der Waals surface area contributed by atoms with Gasteiger partial charge in [0.2, 0.25) is 11.3 Å². The number of aromatic nitrogens is 2. The molecule has 1 aliphatic rings. The van der Waals surface area contributed by atoms with Gasteiger partial charge in [0, 0.05) is 30.9 Å². The number of rotatable bonds is 7. The van der Waals surface area contributed by atoms with E-state index in [1.54, 1.807) is 12.1 Å². The highest BCUT2D eigenvalue weighted by molar-refractivity contribution is 5.96. The Morgan fingerprint density at radius 1 is 1.16 bits per heavy atom. The SMILES string of the molecule is COc1ccc2c(n1)c(=O)c(C(=O)NCCN1CCCC1)cn2Cc1c(F)cccc1F. The second kappa shape index (κ2) is 9.44. The molecule has 0 unspecified atom stereocenters. The van der Waals surface area contributed by atoms with E-state index in [9.17, 15) is 18.4 Å². The molecule has 1 fully saturated rings. The number of hydrogen-bond acceptors (Lipinski definition) is 5. The summed E-state index contributed by atoms with van der Waals surface area (Å²) in [6, 6.07) is 6.73. The third-order valence-corrected chi connectivity index (χ3v) is 5.66. The molecule has 0 atom stereocenters. The van der Waals surface area contributed by atoms with Gasteiger partial charge in [0.05, 0.1) is 19.2 Å². The van der Waals surface area contributed by atoms with Gasteiger partial charge in [-0.05, 0) is 44.1 Å². The van der Waals surface area contributed by atoms with Gasteiger partial charge in [-0.15, -0.1) is 0 Å². The Morgan fingerprint density at radius 2 is 1.88 bits per heavy atom. The smallest absolute Gasteiger partial charge is 0.256 e. The lowest BCUT2D eigenvalue weighted by atomic mass is 10.1. The van der Waals surface area contributed by atoms with Crippen molar-refractivity contribution in [1.29, 1.82) is 0 Å². The molecule has 0 saturated carbocycles. The average Bonchev–Trinajstić information content (AvgIpc) is 3.31. The molecule has 0 spiro atoms. The molecule has 1 amide bonds. The first-order valence-electron chi connectivity index (χ1n) is 10.5. The molecule has 9 heteroatoms. The van der Waals surface area contributed by atoms with E-state index >= 15 is 0 Å². The molecule has 0 bridgehead atoms. The summed E-state index contributed by atoms with van der Waals surface area (Å²) in [5.41, 5.74) is -0.548. The number of ether oxygens (including phenoxy) is 1. The van der Waals surface area contributed by atoms with E-state index in [0.717, 1.165) is 38.1 Å². The van der Waals surface area contributed by atoms with Gasteiger partial charge < -0.3 is 19.5 Å². The molecular formula is C23H24F2N4O3. The van der Waals surface area contributed by atoms with E-state index < -0.39 is 23.0 Å². The molecule has 3 aromatic rings. The summed E-state index contributed by atoms with van der Waals surface area (Å²) in [6.07, 6.45) is 3.61. The normalized spacial score (nSPS) is 14.1. The number of pyridine rings is 2. The van der Waals surface area contributed by atoms with Crippen LogP contribution in [0, 0.1) is 11.6 Å². The Balaban J connectivity index is 1.71. The lowest BCUT2D eigenvalue weighted by Gasteiger charge is -2.16. The number of amides is 1. The number of hydrogen-bond donors (Lipinski definition) is 1. The zero-order chi connectivity index (χ0) is 22.7. The molecule has 0 radical (unpaired) electrons. The molecule has 4 rings (SSSR count). The minimum absolute atomic E-state index is 0.00621. The maximum atomic E-state index is 14.3. The predicted octanol–water partition coefficient (Wildman–Crippen LogP) is 2.56. The first kappa shape index (κ1) is 21.9. The van der Waals surface area contributed by atoms with E-state index in [4.69, 9.17) is 4.74 Å².